The zero-order chi connectivity index (χ0) is 27.2. The number of hydrogen-bond acceptors (Lipinski definition) is 9. The van der Waals surface area contributed by atoms with E-state index in [1.54, 1.807) is 24.3 Å². The van der Waals surface area contributed by atoms with Gasteiger partial charge in [-0.2, -0.15) is 0 Å². The second kappa shape index (κ2) is 11.6. The van der Waals surface area contributed by atoms with Crippen LogP contribution in [-0.4, -0.2) is 47.2 Å². The van der Waals surface area contributed by atoms with Crippen molar-refractivity contribution in [3.05, 3.63) is 98.4 Å². The number of thioether (sulfide) groups is 1. The Balaban J connectivity index is 1.43. The third-order valence-electron chi connectivity index (χ3n) is 5.43. The van der Waals surface area contributed by atoms with Crippen LogP contribution in [-0.2, 0) is 4.79 Å². The summed E-state index contributed by atoms with van der Waals surface area (Å²) in [5, 5.41) is 10.6. The van der Waals surface area contributed by atoms with Gasteiger partial charge in [0.1, 0.15) is 12.4 Å². The minimum atomic E-state index is -0.797. The second-order valence-corrected chi connectivity index (χ2v) is 9.10. The van der Waals surface area contributed by atoms with Crippen LogP contribution in [0.2, 0.25) is 0 Å². The van der Waals surface area contributed by atoms with Crippen molar-refractivity contribution in [2.75, 3.05) is 20.3 Å². The summed E-state index contributed by atoms with van der Waals surface area (Å²) in [5.74, 6) is -0.293. The van der Waals surface area contributed by atoms with Gasteiger partial charge in [0.25, 0.3) is 16.8 Å². The van der Waals surface area contributed by atoms with Gasteiger partial charge in [0.15, 0.2) is 11.5 Å². The van der Waals surface area contributed by atoms with Crippen LogP contribution in [0.5, 0.6) is 17.2 Å². The molecule has 0 aliphatic carbocycles. The number of nitro benzene ring substituents is 1. The molecule has 194 valence electrons. The number of aryl methyl sites for hydroxylation is 1. The van der Waals surface area contributed by atoms with E-state index >= 15 is 0 Å². The molecule has 1 fully saturated rings. The summed E-state index contributed by atoms with van der Waals surface area (Å²) >= 11 is 0.816. The van der Waals surface area contributed by atoms with Crippen LogP contribution in [0.15, 0.2) is 71.6 Å². The number of non-ortho nitro benzene ring substituents is 1. The predicted molar refractivity (Wildman–Crippen MR) is 140 cm³/mol. The summed E-state index contributed by atoms with van der Waals surface area (Å²) in [7, 11) is 1.38. The number of nitro groups is 1. The quantitative estimate of drug-likeness (QED) is 0.119. The highest BCUT2D eigenvalue weighted by Crippen LogP contribution is 2.35. The van der Waals surface area contributed by atoms with Gasteiger partial charge in [-0.25, -0.2) is 4.79 Å². The molecule has 0 saturated carbocycles. The fourth-order valence-electron chi connectivity index (χ4n) is 3.57. The molecule has 1 aliphatic heterocycles. The molecule has 1 saturated heterocycles. The lowest BCUT2D eigenvalue weighted by Gasteiger charge is -2.13. The Labute approximate surface area is 221 Å². The minimum Gasteiger partial charge on any atom is -0.493 e. The first-order valence-electron chi connectivity index (χ1n) is 11.3. The summed E-state index contributed by atoms with van der Waals surface area (Å²) in [6.45, 7) is 2.20. The molecule has 4 rings (SSSR count). The highest BCUT2D eigenvalue weighted by atomic mass is 32.2. The van der Waals surface area contributed by atoms with Gasteiger partial charge < -0.3 is 14.2 Å². The molecule has 0 aromatic heterocycles. The molecule has 0 bridgehead atoms. The van der Waals surface area contributed by atoms with Crippen molar-refractivity contribution in [2.45, 2.75) is 6.92 Å². The van der Waals surface area contributed by atoms with Crippen LogP contribution in [0.25, 0.3) is 6.08 Å². The zero-order valence-electron chi connectivity index (χ0n) is 20.4. The second-order valence-electron chi connectivity index (χ2n) is 8.11. The number of benzene rings is 3. The number of hydrogen-bond donors (Lipinski definition) is 0. The molecular formula is C27H22N2O8S. The topological polar surface area (TPSA) is 125 Å². The smallest absolute Gasteiger partial charge is 0.343 e. The van der Waals surface area contributed by atoms with E-state index in [0.717, 1.165) is 28.3 Å². The molecular weight excluding hydrogens is 512 g/mol. The van der Waals surface area contributed by atoms with E-state index in [1.807, 2.05) is 25.1 Å². The minimum absolute atomic E-state index is 0.00498. The maximum Gasteiger partial charge on any atom is 0.343 e. The summed E-state index contributed by atoms with van der Waals surface area (Å²) in [6, 6.07) is 17.3. The van der Waals surface area contributed by atoms with E-state index in [9.17, 15) is 24.5 Å². The highest BCUT2D eigenvalue weighted by Gasteiger charge is 2.34. The number of methoxy groups -OCH3 is 1. The molecule has 2 amide bonds. The Morgan fingerprint density at radius 3 is 2.58 bits per heavy atom. The number of amides is 2. The van der Waals surface area contributed by atoms with E-state index in [2.05, 4.69) is 0 Å². The van der Waals surface area contributed by atoms with Crippen LogP contribution in [0.1, 0.15) is 21.5 Å². The van der Waals surface area contributed by atoms with Crippen molar-refractivity contribution < 1.29 is 33.5 Å². The van der Waals surface area contributed by atoms with Gasteiger partial charge in [0.2, 0.25) is 0 Å². The predicted octanol–water partition coefficient (Wildman–Crippen LogP) is 5.25. The van der Waals surface area contributed by atoms with Gasteiger partial charge in [0.05, 0.1) is 29.0 Å². The summed E-state index contributed by atoms with van der Waals surface area (Å²) in [6.07, 6.45) is 1.54. The molecule has 0 atom stereocenters. The van der Waals surface area contributed by atoms with E-state index in [4.69, 9.17) is 14.2 Å². The highest BCUT2D eigenvalue weighted by molar-refractivity contribution is 8.18. The molecule has 1 aliphatic rings. The van der Waals surface area contributed by atoms with E-state index in [-0.39, 0.29) is 40.8 Å². The lowest BCUT2D eigenvalue weighted by Crippen LogP contribution is -2.32. The normalized spacial score (nSPS) is 14.1. The Morgan fingerprint density at radius 2 is 1.84 bits per heavy atom. The zero-order valence-corrected chi connectivity index (χ0v) is 21.2. The van der Waals surface area contributed by atoms with Crippen molar-refractivity contribution in [1.82, 2.24) is 4.90 Å². The van der Waals surface area contributed by atoms with Crippen LogP contribution >= 0.6 is 11.8 Å². The fraction of sp³-hybridized carbons (Fsp3) is 0.148. The third-order valence-corrected chi connectivity index (χ3v) is 6.33. The molecule has 0 spiro atoms. The van der Waals surface area contributed by atoms with Crippen molar-refractivity contribution in [3.8, 4) is 17.2 Å². The summed E-state index contributed by atoms with van der Waals surface area (Å²) in [4.78, 5) is 49.5. The van der Waals surface area contributed by atoms with Crippen LogP contribution in [0.3, 0.4) is 0 Å². The SMILES string of the molecule is COc1cc(/C=C2\SC(=O)N(CCOc3cccc(C)c3)C2=O)ccc1OC(=O)c1cccc([N+](=O)[O-])c1. The first-order valence-corrected chi connectivity index (χ1v) is 12.2. The lowest BCUT2D eigenvalue weighted by atomic mass is 10.1. The maximum atomic E-state index is 12.8. The third kappa shape index (κ3) is 6.19. The van der Waals surface area contributed by atoms with Crippen LogP contribution < -0.4 is 14.2 Å². The number of nitrogens with zero attached hydrogens (tertiary/aromatic N) is 2. The first kappa shape index (κ1) is 26.4. The van der Waals surface area contributed by atoms with E-state index in [0.29, 0.717) is 11.3 Å². The average Bonchev–Trinajstić information content (AvgIpc) is 3.16. The molecule has 11 heteroatoms. The average molecular weight is 535 g/mol. The standard InChI is InChI=1S/C27H22N2O8S/c1-17-5-3-8-21(13-17)36-12-11-28-25(30)24(38-27(28)32)15-18-9-10-22(23(14-18)35-2)37-26(31)19-6-4-7-20(16-19)29(33)34/h3-10,13-16H,11-12H2,1-2H3/b24-15-. The van der Waals surface area contributed by atoms with Crippen LogP contribution in [0.4, 0.5) is 10.5 Å². The number of esters is 1. The molecule has 1 heterocycles. The summed E-state index contributed by atoms with van der Waals surface area (Å²) in [5.41, 5.74) is 1.35. The summed E-state index contributed by atoms with van der Waals surface area (Å²) < 4.78 is 16.3. The fourth-order valence-corrected chi connectivity index (χ4v) is 4.43. The van der Waals surface area contributed by atoms with Gasteiger partial charge in [-0.3, -0.25) is 24.6 Å². The monoisotopic (exact) mass is 534 g/mol. The molecule has 10 nitrogen and oxygen atoms in total. The molecule has 0 unspecified atom stereocenters. The molecule has 38 heavy (non-hydrogen) atoms. The first-order chi connectivity index (χ1) is 18.2. The Hall–Kier alpha value is -4.64. The van der Waals surface area contributed by atoms with Gasteiger partial charge in [-0.15, -0.1) is 0 Å². The number of carbonyl (C=O) groups is 3. The number of rotatable bonds is 9. The largest absolute Gasteiger partial charge is 0.493 e. The molecule has 3 aromatic rings. The van der Waals surface area contributed by atoms with Crippen molar-refractivity contribution in [3.63, 3.8) is 0 Å². The van der Waals surface area contributed by atoms with E-state index < -0.39 is 22.0 Å². The lowest BCUT2D eigenvalue weighted by molar-refractivity contribution is -0.384. The molecule has 0 radical (unpaired) electrons. The molecule has 3 aromatic carbocycles. The van der Waals surface area contributed by atoms with Gasteiger partial charge in [-0.1, -0.05) is 24.3 Å². The van der Waals surface area contributed by atoms with E-state index in [1.165, 1.54) is 31.4 Å². The van der Waals surface area contributed by atoms with Gasteiger partial charge in [0, 0.05) is 12.1 Å². The Kier molecular flexibility index (Phi) is 8.07. The van der Waals surface area contributed by atoms with Crippen molar-refractivity contribution in [1.29, 1.82) is 0 Å². The number of ether oxygens (including phenoxy) is 3. The van der Waals surface area contributed by atoms with Gasteiger partial charge >= 0.3 is 5.97 Å². The molecule has 0 N–H and O–H groups in total. The maximum absolute atomic E-state index is 12.8. The van der Waals surface area contributed by atoms with Crippen LogP contribution in [0, 0.1) is 17.0 Å². The van der Waals surface area contributed by atoms with Crippen molar-refractivity contribution >= 4 is 40.6 Å². The number of carbonyl (C=O) groups excluding carboxylic acids is 3. The van der Waals surface area contributed by atoms with Crippen molar-refractivity contribution in [2.24, 2.45) is 0 Å². The Bertz CT molecular complexity index is 1450. The number of imide groups is 1. The Morgan fingerprint density at radius 1 is 1.05 bits per heavy atom. The van der Waals surface area contributed by atoms with Gasteiger partial charge in [-0.05, 0) is 66.2 Å².